The fraction of sp³-hybridized carbons (Fsp3) is 0.133. The van der Waals surface area contributed by atoms with Gasteiger partial charge in [-0.2, -0.15) is 4.98 Å². The highest BCUT2D eigenvalue weighted by molar-refractivity contribution is 6.32. The number of nitrogens with zero attached hydrogens (tertiary/aromatic N) is 3. The molecule has 0 saturated heterocycles. The summed E-state index contributed by atoms with van der Waals surface area (Å²) in [6.45, 7) is 0. The Hall–Kier alpha value is -2.87. The largest absolute Gasteiger partial charge is 0.403 e. The molecule has 1 aromatic heterocycles. The van der Waals surface area contributed by atoms with Crippen LogP contribution in [0.2, 0.25) is 5.02 Å². The zero-order valence-corrected chi connectivity index (χ0v) is 13.9. The molecule has 0 bridgehead atoms. The van der Waals surface area contributed by atoms with Gasteiger partial charge in [-0.3, -0.25) is 4.99 Å². The molecule has 2 aromatic rings. The van der Waals surface area contributed by atoms with Gasteiger partial charge in [-0.15, -0.1) is 0 Å². The van der Waals surface area contributed by atoms with Gasteiger partial charge in [0.1, 0.15) is 10.8 Å². The second-order valence-corrected chi connectivity index (χ2v) is 5.00. The average Bonchev–Trinajstić information content (AvgIpc) is 2.59. The normalized spacial score (nSPS) is 11.6. The molecule has 0 unspecified atom stereocenters. The van der Waals surface area contributed by atoms with Gasteiger partial charge in [0, 0.05) is 32.2 Å². The van der Waals surface area contributed by atoms with Crippen molar-refractivity contribution in [3.05, 3.63) is 47.1 Å². The molecule has 24 heavy (non-hydrogen) atoms. The zero-order chi connectivity index (χ0) is 17.5. The minimum Gasteiger partial charge on any atom is -0.403 e. The van der Waals surface area contributed by atoms with Crippen molar-refractivity contribution < 1.29 is 4.39 Å². The smallest absolute Gasteiger partial charge is 0.229 e. The summed E-state index contributed by atoms with van der Waals surface area (Å²) in [6, 6.07) is 4.57. The molecule has 1 aromatic carbocycles. The van der Waals surface area contributed by atoms with E-state index in [1.165, 1.54) is 24.7 Å². The SMILES string of the molecule is CN=CC(=CN)Nc1ncc(Cl)c(Nc2cc(NC)ccc2F)n1. The first-order valence-electron chi connectivity index (χ1n) is 6.95. The molecule has 9 heteroatoms. The Bertz CT molecular complexity index is 776. The summed E-state index contributed by atoms with van der Waals surface area (Å²) < 4.78 is 14.0. The summed E-state index contributed by atoms with van der Waals surface area (Å²) in [5.41, 5.74) is 6.97. The molecule has 126 valence electrons. The van der Waals surface area contributed by atoms with Gasteiger partial charge in [-0.05, 0) is 18.2 Å². The van der Waals surface area contributed by atoms with E-state index in [-0.39, 0.29) is 22.5 Å². The topological polar surface area (TPSA) is 100 Å². The van der Waals surface area contributed by atoms with Crippen molar-refractivity contribution in [2.24, 2.45) is 10.7 Å². The van der Waals surface area contributed by atoms with Crippen molar-refractivity contribution in [1.82, 2.24) is 9.97 Å². The Morgan fingerprint density at radius 1 is 1.42 bits per heavy atom. The fourth-order valence-electron chi connectivity index (χ4n) is 1.80. The van der Waals surface area contributed by atoms with Gasteiger partial charge in [0.2, 0.25) is 5.95 Å². The second kappa shape index (κ2) is 8.11. The number of rotatable bonds is 6. The van der Waals surface area contributed by atoms with Crippen LogP contribution in [0.15, 0.2) is 41.3 Å². The third-order valence-corrected chi connectivity index (χ3v) is 3.23. The summed E-state index contributed by atoms with van der Waals surface area (Å²) in [5, 5.41) is 8.92. The molecule has 0 saturated carbocycles. The number of aromatic nitrogens is 2. The summed E-state index contributed by atoms with van der Waals surface area (Å²) in [7, 11) is 3.35. The predicted molar refractivity (Wildman–Crippen MR) is 96.6 cm³/mol. The number of nitrogens with one attached hydrogen (secondary N) is 3. The van der Waals surface area contributed by atoms with Crippen LogP contribution in [0.25, 0.3) is 0 Å². The summed E-state index contributed by atoms with van der Waals surface area (Å²) >= 11 is 6.08. The molecular formula is C15H17ClFN7. The van der Waals surface area contributed by atoms with E-state index in [2.05, 4.69) is 30.9 Å². The van der Waals surface area contributed by atoms with Gasteiger partial charge in [0.25, 0.3) is 0 Å². The minimum atomic E-state index is -0.432. The molecule has 0 aliphatic heterocycles. The molecule has 5 N–H and O–H groups in total. The summed E-state index contributed by atoms with van der Waals surface area (Å²) in [5.74, 6) is 0.0636. The predicted octanol–water partition coefficient (Wildman–Crippen LogP) is 2.97. The van der Waals surface area contributed by atoms with Crippen LogP contribution in [0.4, 0.5) is 27.5 Å². The van der Waals surface area contributed by atoms with E-state index in [1.54, 1.807) is 26.2 Å². The highest BCUT2D eigenvalue weighted by atomic mass is 35.5. The van der Waals surface area contributed by atoms with E-state index in [0.717, 1.165) is 5.69 Å². The van der Waals surface area contributed by atoms with Crippen molar-refractivity contribution in [2.45, 2.75) is 0 Å². The second-order valence-electron chi connectivity index (χ2n) is 4.59. The number of aliphatic imine (C=N–C) groups is 1. The maximum absolute atomic E-state index is 14.0. The molecule has 0 aliphatic carbocycles. The van der Waals surface area contributed by atoms with Crippen LogP contribution in [-0.2, 0) is 0 Å². The number of allylic oxidation sites excluding steroid dienone is 1. The average molecular weight is 350 g/mol. The third-order valence-electron chi connectivity index (χ3n) is 2.96. The van der Waals surface area contributed by atoms with E-state index in [4.69, 9.17) is 17.3 Å². The number of halogens is 2. The molecule has 0 aliphatic rings. The maximum Gasteiger partial charge on any atom is 0.229 e. The van der Waals surface area contributed by atoms with Crippen molar-refractivity contribution in [2.75, 3.05) is 30.0 Å². The first-order valence-corrected chi connectivity index (χ1v) is 7.33. The van der Waals surface area contributed by atoms with Crippen LogP contribution in [0.5, 0.6) is 0 Å². The fourth-order valence-corrected chi connectivity index (χ4v) is 1.94. The first kappa shape index (κ1) is 17.5. The first-order chi connectivity index (χ1) is 11.6. The monoisotopic (exact) mass is 349 g/mol. The lowest BCUT2D eigenvalue weighted by atomic mass is 10.2. The Morgan fingerprint density at radius 3 is 2.88 bits per heavy atom. The van der Waals surface area contributed by atoms with Gasteiger partial charge in [0.15, 0.2) is 5.82 Å². The van der Waals surface area contributed by atoms with Crippen molar-refractivity contribution >= 4 is 41.0 Å². The van der Waals surface area contributed by atoms with Crippen LogP contribution in [0.1, 0.15) is 0 Å². The lowest BCUT2D eigenvalue weighted by molar-refractivity contribution is 0.632. The Morgan fingerprint density at radius 2 is 2.21 bits per heavy atom. The van der Waals surface area contributed by atoms with Crippen LogP contribution in [-0.4, -0.2) is 30.3 Å². The number of hydrogen-bond donors (Lipinski definition) is 4. The maximum atomic E-state index is 14.0. The highest BCUT2D eigenvalue weighted by Crippen LogP contribution is 2.27. The van der Waals surface area contributed by atoms with Crippen molar-refractivity contribution in [3.8, 4) is 0 Å². The van der Waals surface area contributed by atoms with Gasteiger partial charge in [-0.1, -0.05) is 11.6 Å². The molecule has 0 fully saturated rings. The van der Waals surface area contributed by atoms with Gasteiger partial charge < -0.3 is 21.7 Å². The van der Waals surface area contributed by atoms with Crippen LogP contribution < -0.4 is 21.7 Å². The summed E-state index contributed by atoms with van der Waals surface area (Å²) in [6.07, 6.45) is 4.24. The molecule has 0 radical (unpaired) electrons. The van der Waals surface area contributed by atoms with E-state index in [1.807, 2.05) is 0 Å². The van der Waals surface area contributed by atoms with Gasteiger partial charge in [-0.25, -0.2) is 9.37 Å². The number of nitrogens with two attached hydrogens (primary N) is 1. The Kier molecular flexibility index (Phi) is 5.91. The molecule has 7 nitrogen and oxygen atoms in total. The minimum absolute atomic E-state index is 0.234. The van der Waals surface area contributed by atoms with Crippen LogP contribution >= 0.6 is 11.6 Å². The molecule has 0 amide bonds. The van der Waals surface area contributed by atoms with E-state index >= 15 is 0 Å². The molecule has 0 atom stereocenters. The number of benzene rings is 1. The Balaban J connectivity index is 2.29. The lowest BCUT2D eigenvalue weighted by Gasteiger charge is -2.12. The van der Waals surface area contributed by atoms with E-state index in [9.17, 15) is 4.39 Å². The molecule has 0 spiro atoms. The molecule has 1 heterocycles. The lowest BCUT2D eigenvalue weighted by Crippen LogP contribution is -2.08. The number of hydrogen-bond acceptors (Lipinski definition) is 7. The van der Waals surface area contributed by atoms with E-state index in [0.29, 0.717) is 5.70 Å². The molecular weight excluding hydrogens is 333 g/mol. The Labute approximate surface area is 143 Å². The highest BCUT2D eigenvalue weighted by Gasteiger charge is 2.10. The van der Waals surface area contributed by atoms with E-state index < -0.39 is 5.82 Å². The summed E-state index contributed by atoms with van der Waals surface area (Å²) in [4.78, 5) is 12.1. The quantitative estimate of drug-likeness (QED) is 0.598. The van der Waals surface area contributed by atoms with Crippen molar-refractivity contribution in [1.29, 1.82) is 0 Å². The van der Waals surface area contributed by atoms with Crippen LogP contribution in [0.3, 0.4) is 0 Å². The standard InChI is InChI=1S/C15H17ClFN7/c1-19-7-10(6-18)22-15-21-8-11(16)14(24-15)23-13-5-9(20-2)3-4-12(13)17/h3-8,20H,18H2,1-2H3,(H2,21,22,23,24). The number of anilines is 4. The zero-order valence-electron chi connectivity index (χ0n) is 13.1. The molecule has 2 rings (SSSR count). The van der Waals surface area contributed by atoms with Crippen molar-refractivity contribution in [3.63, 3.8) is 0 Å². The van der Waals surface area contributed by atoms with Gasteiger partial charge >= 0.3 is 0 Å². The van der Waals surface area contributed by atoms with Crippen LogP contribution in [0, 0.1) is 5.82 Å². The third kappa shape index (κ3) is 4.32. The van der Waals surface area contributed by atoms with Gasteiger partial charge in [0.05, 0.1) is 17.6 Å².